The minimum absolute atomic E-state index is 0.456. The fourth-order valence-corrected chi connectivity index (χ4v) is 2.96. The van der Waals surface area contributed by atoms with E-state index in [1.165, 1.54) is 32.1 Å². The van der Waals surface area contributed by atoms with Crippen LogP contribution < -0.4 is 5.73 Å². The smallest absolute Gasteiger partial charge is 0.00731 e. The van der Waals surface area contributed by atoms with E-state index in [-0.39, 0.29) is 0 Å². The highest BCUT2D eigenvalue weighted by Crippen LogP contribution is 2.40. The maximum absolute atomic E-state index is 6.25. The lowest BCUT2D eigenvalue weighted by molar-refractivity contribution is 0.240. The summed E-state index contributed by atoms with van der Waals surface area (Å²) in [7, 11) is 0. The molecule has 1 aromatic carbocycles. The van der Waals surface area contributed by atoms with Gasteiger partial charge < -0.3 is 5.73 Å². The van der Waals surface area contributed by atoms with Gasteiger partial charge in [-0.25, -0.2) is 0 Å². The Morgan fingerprint density at radius 2 is 2.07 bits per heavy atom. The zero-order valence-corrected chi connectivity index (χ0v) is 9.15. The van der Waals surface area contributed by atoms with Gasteiger partial charge in [-0.15, -0.1) is 0 Å². The van der Waals surface area contributed by atoms with E-state index in [1.54, 1.807) is 11.1 Å². The molecule has 1 nitrogen and oxygen atoms in total. The van der Waals surface area contributed by atoms with Crippen LogP contribution in [0.4, 0.5) is 0 Å². The van der Waals surface area contributed by atoms with Crippen molar-refractivity contribution in [2.45, 2.75) is 44.1 Å². The van der Waals surface area contributed by atoms with Gasteiger partial charge >= 0.3 is 0 Å². The molecule has 0 amide bonds. The maximum Gasteiger partial charge on any atom is 0.00731 e. The van der Waals surface area contributed by atoms with Gasteiger partial charge in [0.05, 0.1) is 0 Å². The highest BCUT2D eigenvalue weighted by molar-refractivity contribution is 5.39. The molecule has 2 unspecified atom stereocenters. The first kappa shape index (κ1) is 9.41. The molecule has 0 spiro atoms. The van der Waals surface area contributed by atoms with Crippen molar-refractivity contribution in [3.8, 4) is 0 Å². The third-order valence-electron chi connectivity index (χ3n) is 4.27. The van der Waals surface area contributed by atoms with E-state index >= 15 is 0 Å². The van der Waals surface area contributed by atoms with Crippen LogP contribution in [0.2, 0.25) is 0 Å². The van der Waals surface area contributed by atoms with Crippen molar-refractivity contribution in [2.24, 2.45) is 11.7 Å². The number of nitrogens with two attached hydrogens (primary N) is 1. The van der Waals surface area contributed by atoms with Gasteiger partial charge in [0, 0.05) is 6.04 Å². The zero-order valence-electron chi connectivity index (χ0n) is 9.15. The molecular formula is C14H19N. The predicted molar refractivity (Wildman–Crippen MR) is 62.8 cm³/mol. The highest BCUT2D eigenvalue weighted by Gasteiger charge is 2.31. The normalized spacial score (nSPS) is 26.3. The third-order valence-corrected chi connectivity index (χ3v) is 4.27. The van der Waals surface area contributed by atoms with E-state index in [9.17, 15) is 0 Å². The minimum Gasteiger partial charge on any atom is -0.327 e. The predicted octanol–water partition coefficient (Wildman–Crippen LogP) is 2.84. The number of fused-ring (bicyclic) bond motifs is 1. The average molecular weight is 201 g/mol. The first-order chi connectivity index (χ1) is 7.34. The molecule has 0 bridgehead atoms. The molecule has 2 aliphatic rings. The molecule has 1 aromatic rings. The lowest BCUT2D eigenvalue weighted by Crippen LogP contribution is -2.37. The van der Waals surface area contributed by atoms with Crippen LogP contribution in [0.15, 0.2) is 24.3 Å². The third kappa shape index (κ3) is 1.59. The Labute approximate surface area is 91.7 Å². The first-order valence-electron chi connectivity index (χ1n) is 6.18. The van der Waals surface area contributed by atoms with E-state index in [0.29, 0.717) is 6.04 Å². The maximum atomic E-state index is 6.25. The summed E-state index contributed by atoms with van der Waals surface area (Å²) in [6.07, 6.45) is 6.61. The Morgan fingerprint density at radius 1 is 1.27 bits per heavy atom. The molecule has 0 heterocycles. The van der Waals surface area contributed by atoms with Crippen LogP contribution in [0, 0.1) is 5.92 Å². The molecule has 3 rings (SSSR count). The van der Waals surface area contributed by atoms with Crippen LogP contribution in [-0.4, -0.2) is 6.04 Å². The molecule has 0 saturated heterocycles. The number of benzene rings is 1. The SMILES string of the molecule is NC(CC1Cc2ccccc21)C1CCC1. The molecule has 80 valence electrons. The summed E-state index contributed by atoms with van der Waals surface area (Å²) in [5, 5.41) is 0. The largest absolute Gasteiger partial charge is 0.327 e. The van der Waals surface area contributed by atoms with Crippen molar-refractivity contribution >= 4 is 0 Å². The summed E-state index contributed by atoms with van der Waals surface area (Å²) in [4.78, 5) is 0. The molecule has 1 saturated carbocycles. The van der Waals surface area contributed by atoms with Crippen molar-refractivity contribution in [1.82, 2.24) is 0 Å². The van der Waals surface area contributed by atoms with Crippen LogP contribution in [0.1, 0.15) is 42.7 Å². The molecule has 2 N–H and O–H groups in total. The summed E-state index contributed by atoms with van der Waals surface area (Å²) >= 11 is 0. The van der Waals surface area contributed by atoms with Gasteiger partial charge in [0.2, 0.25) is 0 Å². The molecular weight excluding hydrogens is 182 g/mol. The lowest BCUT2D eigenvalue weighted by Gasteiger charge is -2.37. The molecule has 15 heavy (non-hydrogen) atoms. The molecule has 2 aliphatic carbocycles. The molecule has 0 aromatic heterocycles. The Hall–Kier alpha value is -0.820. The van der Waals surface area contributed by atoms with Crippen molar-refractivity contribution in [3.05, 3.63) is 35.4 Å². The van der Waals surface area contributed by atoms with Gasteiger partial charge in [0.1, 0.15) is 0 Å². The number of rotatable bonds is 3. The second-order valence-electron chi connectivity index (χ2n) is 5.19. The monoisotopic (exact) mass is 201 g/mol. The average Bonchev–Trinajstić information content (AvgIpc) is 2.11. The van der Waals surface area contributed by atoms with Gasteiger partial charge in [0.25, 0.3) is 0 Å². The molecule has 1 fully saturated rings. The van der Waals surface area contributed by atoms with Crippen molar-refractivity contribution in [2.75, 3.05) is 0 Å². The summed E-state index contributed by atoms with van der Waals surface area (Å²) in [6.45, 7) is 0. The van der Waals surface area contributed by atoms with Gasteiger partial charge in [-0.2, -0.15) is 0 Å². The van der Waals surface area contributed by atoms with Crippen LogP contribution in [0.3, 0.4) is 0 Å². The van der Waals surface area contributed by atoms with Gasteiger partial charge in [-0.3, -0.25) is 0 Å². The van der Waals surface area contributed by atoms with E-state index in [0.717, 1.165) is 11.8 Å². The number of hydrogen-bond donors (Lipinski definition) is 1. The second-order valence-corrected chi connectivity index (χ2v) is 5.19. The van der Waals surface area contributed by atoms with E-state index in [2.05, 4.69) is 24.3 Å². The van der Waals surface area contributed by atoms with E-state index in [4.69, 9.17) is 5.73 Å². The molecule has 2 atom stereocenters. The summed E-state index contributed by atoms with van der Waals surface area (Å²) < 4.78 is 0. The van der Waals surface area contributed by atoms with E-state index in [1.807, 2.05) is 0 Å². The van der Waals surface area contributed by atoms with Gasteiger partial charge in [0.15, 0.2) is 0 Å². The fourth-order valence-electron chi connectivity index (χ4n) is 2.96. The second kappa shape index (κ2) is 3.64. The molecule has 1 heteroatoms. The van der Waals surface area contributed by atoms with Crippen LogP contribution in [-0.2, 0) is 6.42 Å². The molecule has 0 radical (unpaired) electrons. The Bertz CT molecular complexity index is 354. The Morgan fingerprint density at radius 3 is 2.73 bits per heavy atom. The van der Waals surface area contributed by atoms with Crippen LogP contribution in [0.5, 0.6) is 0 Å². The highest BCUT2D eigenvalue weighted by atomic mass is 14.7. The van der Waals surface area contributed by atoms with Crippen molar-refractivity contribution in [1.29, 1.82) is 0 Å². The Kier molecular flexibility index (Phi) is 2.28. The first-order valence-corrected chi connectivity index (χ1v) is 6.18. The standard InChI is InChI=1S/C14H19N/c15-14(10-5-3-6-10)9-12-8-11-4-1-2-7-13(11)12/h1-2,4,7,10,12,14H,3,5-6,8-9,15H2. The van der Waals surface area contributed by atoms with Crippen molar-refractivity contribution < 1.29 is 0 Å². The summed E-state index contributed by atoms with van der Waals surface area (Å²) in [5.41, 5.74) is 9.35. The van der Waals surface area contributed by atoms with Gasteiger partial charge in [-0.05, 0) is 48.6 Å². The lowest BCUT2D eigenvalue weighted by atomic mass is 9.70. The van der Waals surface area contributed by atoms with E-state index < -0.39 is 0 Å². The van der Waals surface area contributed by atoms with Gasteiger partial charge in [-0.1, -0.05) is 30.7 Å². The Balaban J connectivity index is 1.62. The fraction of sp³-hybridized carbons (Fsp3) is 0.571. The zero-order chi connectivity index (χ0) is 10.3. The minimum atomic E-state index is 0.456. The summed E-state index contributed by atoms with van der Waals surface area (Å²) in [5.74, 6) is 1.59. The number of hydrogen-bond acceptors (Lipinski definition) is 1. The topological polar surface area (TPSA) is 26.0 Å². The summed E-state index contributed by atoms with van der Waals surface area (Å²) in [6, 6.07) is 9.27. The van der Waals surface area contributed by atoms with Crippen LogP contribution >= 0.6 is 0 Å². The van der Waals surface area contributed by atoms with Crippen LogP contribution in [0.25, 0.3) is 0 Å². The quantitative estimate of drug-likeness (QED) is 0.799. The molecule has 0 aliphatic heterocycles. The van der Waals surface area contributed by atoms with Crippen molar-refractivity contribution in [3.63, 3.8) is 0 Å².